The van der Waals surface area contributed by atoms with E-state index in [0.717, 1.165) is 12.0 Å². The SMILES string of the molecule is CCCNC1CCCCC(Cc2ccc(C(C)C)cc2)C1. The zero-order chi connectivity index (χ0) is 15.1. The Balaban J connectivity index is 1.90. The van der Waals surface area contributed by atoms with E-state index in [9.17, 15) is 0 Å². The molecule has 1 aromatic rings. The number of hydrogen-bond donors (Lipinski definition) is 1. The fourth-order valence-electron chi connectivity index (χ4n) is 3.55. The van der Waals surface area contributed by atoms with E-state index in [1.807, 2.05) is 0 Å². The van der Waals surface area contributed by atoms with Crippen LogP contribution in [0.25, 0.3) is 0 Å². The molecule has 1 fully saturated rings. The van der Waals surface area contributed by atoms with E-state index >= 15 is 0 Å². The average molecular weight is 287 g/mol. The van der Waals surface area contributed by atoms with Crippen LogP contribution in [0.1, 0.15) is 76.3 Å². The van der Waals surface area contributed by atoms with Gasteiger partial charge in [-0.2, -0.15) is 0 Å². The highest BCUT2D eigenvalue weighted by molar-refractivity contribution is 5.25. The predicted molar refractivity (Wildman–Crippen MR) is 92.9 cm³/mol. The zero-order valence-electron chi connectivity index (χ0n) is 14.2. The van der Waals surface area contributed by atoms with Crippen molar-refractivity contribution in [1.82, 2.24) is 5.32 Å². The van der Waals surface area contributed by atoms with Crippen molar-refractivity contribution in [3.05, 3.63) is 35.4 Å². The Morgan fingerprint density at radius 1 is 1.10 bits per heavy atom. The predicted octanol–water partition coefficient (Wildman–Crippen LogP) is 5.30. The van der Waals surface area contributed by atoms with E-state index < -0.39 is 0 Å². The second kappa shape index (κ2) is 8.58. The topological polar surface area (TPSA) is 12.0 Å². The summed E-state index contributed by atoms with van der Waals surface area (Å²) >= 11 is 0. The molecule has 1 aromatic carbocycles. The van der Waals surface area contributed by atoms with Crippen LogP contribution in [0.5, 0.6) is 0 Å². The van der Waals surface area contributed by atoms with Crippen molar-refractivity contribution >= 4 is 0 Å². The maximum atomic E-state index is 3.75. The highest BCUT2D eigenvalue weighted by Gasteiger charge is 2.20. The normalized spacial score (nSPS) is 23.2. The second-order valence-corrected chi connectivity index (χ2v) is 7.14. The molecule has 0 aliphatic heterocycles. The van der Waals surface area contributed by atoms with Gasteiger partial charge in [0.2, 0.25) is 0 Å². The fourth-order valence-corrected chi connectivity index (χ4v) is 3.55. The Labute approximate surface area is 131 Å². The first-order valence-corrected chi connectivity index (χ1v) is 9.01. The molecule has 1 N–H and O–H groups in total. The lowest BCUT2D eigenvalue weighted by Gasteiger charge is -2.21. The lowest BCUT2D eigenvalue weighted by Crippen LogP contribution is -2.31. The molecule has 0 spiro atoms. The molecular weight excluding hydrogens is 254 g/mol. The molecule has 2 atom stereocenters. The molecule has 21 heavy (non-hydrogen) atoms. The van der Waals surface area contributed by atoms with Crippen LogP contribution in [0, 0.1) is 5.92 Å². The van der Waals surface area contributed by atoms with Crippen molar-refractivity contribution in [1.29, 1.82) is 0 Å². The second-order valence-electron chi connectivity index (χ2n) is 7.14. The van der Waals surface area contributed by atoms with E-state index in [1.165, 1.54) is 62.6 Å². The third-order valence-electron chi connectivity index (χ3n) is 4.89. The molecule has 0 amide bonds. The molecule has 1 heteroatoms. The first kappa shape index (κ1) is 16.5. The van der Waals surface area contributed by atoms with Gasteiger partial charge < -0.3 is 5.32 Å². The van der Waals surface area contributed by atoms with Gasteiger partial charge in [0.05, 0.1) is 0 Å². The third kappa shape index (κ3) is 5.47. The summed E-state index contributed by atoms with van der Waals surface area (Å²) in [5, 5.41) is 3.75. The Morgan fingerprint density at radius 2 is 1.81 bits per heavy atom. The largest absolute Gasteiger partial charge is 0.314 e. The van der Waals surface area contributed by atoms with E-state index in [4.69, 9.17) is 0 Å². The molecule has 2 rings (SSSR count). The summed E-state index contributed by atoms with van der Waals surface area (Å²) in [6, 6.07) is 10.1. The van der Waals surface area contributed by atoms with Crippen LogP contribution >= 0.6 is 0 Å². The maximum absolute atomic E-state index is 3.75. The van der Waals surface area contributed by atoms with E-state index in [0.29, 0.717) is 5.92 Å². The minimum atomic E-state index is 0.638. The summed E-state index contributed by atoms with van der Waals surface area (Å²) < 4.78 is 0. The number of hydrogen-bond acceptors (Lipinski definition) is 1. The van der Waals surface area contributed by atoms with Gasteiger partial charge in [-0.15, -0.1) is 0 Å². The van der Waals surface area contributed by atoms with Crippen LogP contribution < -0.4 is 5.32 Å². The number of nitrogens with one attached hydrogen (secondary N) is 1. The minimum absolute atomic E-state index is 0.638. The molecule has 0 bridgehead atoms. The Bertz CT molecular complexity index is 393. The van der Waals surface area contributed by atoms with Crippen molar-refractivity contribution in [3.63, 3.8) is 0 Å². The summed E-state index contributed by atoms with van der Waals surface area (Å²) in [5.74, 6) is 1.51. The lowest BCUT2D eigenvalue weighted by molar-refractivity contribution is 0.384. The van der Waals surface area contributed by atoms with E-state index in [2.05, 4.69) is 50.4 Å². The van der Waals surface area contributed by atoms with Crippen LogP contribution in [-0.2, 0) is 6.42 Å². The van der Waals surface area contributed by atoms with Gasteiger partial charge in [-0.1, -0.05) is 64.3 Å². The van der Waals surface area contributed by atoms with Crippen LogP contribution in [0.3, 0.4) is 0 Å². The highest BCUT2D eigenvalue weighted by atomic mass is 14.9. The molecule has 1 nitrogen and oxygen atoms in total. The van der Waals surface area contributed by atoms with Crippen molar-refractivity contribution < 1.29 is 0 Å². The van der Waals surface area contributed by atoms with Gasteiger partial charge in [0.25, 0.3) is 0 Å². The van der Waals surface area contributed by atoms with Gasteiger partial charge in [0, 0.05) is 6.04 Å². The van der Waals surface area contributed by atoms with Crippen molar-refractivity contribution in [2.75, 3.05) is 6.54 Å². The number of rotatable bonds is 6. The molecule has 0 aromatic heterocycles. The van der Waals surface area contributed by atoms with Gasteiger partial charge in [-0.05, 0) is 55.2 Å². The summed E-state index contributed by atoms with van der Waals surface area (Å²) in [5.41, 5.74) is 2.99. The molecule has 1 aliphatic rings. The van der Waals surface area contributed by atoms with Crippen molar-refractivity contribution in [2.45, 2.75) is 77.7 Å². The maximum Gasteiger partial charge on any atom is 0.00698 e. The molecule has 2 unspecified atom stereocenters. The first-order valence-electron chi connectivity index (χ1n) is 9.01. The quantitative estimate of drug-likeness (QED) is 0.700. The number of benzene rings is 1. The Kier molecular flexibility index (Phi) is 6.76. The van der Waals surface area contributed by atoms with Crippen LogP contribution in [0.2, 0.25) is 0 Å². The lowest BCUT2D eigenvalue weighted by atomic mass is 9.90. The smallest absolute Gasteiger partial charge is 0.00698 e. The van der Waals surface area contributed by atoms with Crippen LogP contribution in [0.15, 0.2) is 24.3 Å². The molecule has 0 heterocycles. The Hall–Kier alpha value is -0.820. The summed E-state index contributed by atoms with van der Waals surface area (Å²) in [4.78, 5) is 0. The standard InChI is InChI=1S/C20H33N/c1-4-13-21-20-8-6-5-7-18(15-20)14-17-9-11-19(12-10-17)16(2)3/h9-12,16,18,20-21H,4-8,13-15H2,1-3H3. The third-order valence-corrected chi connectivity index (χ3v) is 4.89. The van der Waals surface area contributed by atoms with Gasteiger partial charge >= 0.3 is 0 Å². The van der Waals surface area contributed by atoms with E-state index in [-0.39, 0.29) is 0 Å². The molecule has 0 saturated heterocycles. The molecule has 1 saturated carbocycles. The molecule has 118 valence electrons. The monoisotopic (exact) mass is 287 g/mol. The molecular formula is C20H33N. The highest BCUT2D eigenvalue weighted by Crippen LogP contribution is 2.27. The summed E-state index contributed by atoms with van der Waals surface area (Å²) in [6.45, 7) is 7.98. The fraction of sp³-hybridized carbons (Fsp3) is 0.700. The zero-order valence-corrected chi connectivity index (χ0v) is 14.2. The van der Waals surface area contributed by atoms with E-state index in [1.54, 1.807) is 0 Å². The average Bonchev–Trinajstić information content (AvgIpc) is 2.71. The van der Waals surface area contributed by atoms with Gasteiger partial charge in [0.1, 0.15) is 0 Å². The molecule has 0 radical (unpaired) electrons. The summed E-state index contributed by atoms with van der Waals surface area (Å²) in [6.07, 6.45) is 9.49. The van der Waals surface area contributed by atoms with Gasteiger partial charge in [-0.3, -0.25) is 0 Å². The summed E-state index contributed by atoms with van der Waals surface area (Å²) in [7, 11) is 0. The van der Waals surface area contributed by atoms with Crippen LogP contribution in [-0.4, -0.2) is 12.6 Å². The molecule has 1 aliphatic carbocycles. The van der Waals surface area contributed by atoms with Gasteiger partial charge in [-0.25, -0.2) is 0 Å². The van der Waals surface area contributed by atoms with Crippen molar-refractivity contribution in [2.24, 2.45) is 5.92 Å². The van der Waals surface area contributed by atoms with Crippen molar-refractivity contribution in [3.8, 4) is 0 Å². The first-order chi connectivity index (χ1) is 10.2. The Morgan fingerprint density at radius 3 is 2.48 bits per heavy atom. The minimum Gasteiger partial charge on any atom is -0.314 e. The van der Waals surface area contributed by atoms with Gasteiger partial charge in [0.15, 0.2) is 0 Å². The van der Waals surface area contributed by atoms with Crippen LogP contribution in [0.4, 0.5) is 0 Å².